The molecule has 1 aromatic heterocycles. The number of carbonyl (C=O) groups excluding carboxylic acids is 2. The highest BCUT2D eigenvalue weighted by molar-refractivity contribution is 5.89. The van der Waals surface area contributed by atoms with Crippen LogP contribution in [0.3, 0.4) is 0 Å². The summed E-state index contributed by atoms with van der Waals surface area (Å²) < 4.78 is 90.0. The molecule has 11 rings (SSSR count). The molecule has 0 unspecified atom stereocenters. The number of hydrogen-bond acceptors (Lipinski definition) is 36. The van der Waals surface area contributed by atoms with Crippen LogP contribution in [-0.2, 0) is 66.4 Å². The van der Waals surface area contributed by atoms with E-state index in [0.717, 1.165) is 36.4 Å². The zero-order valence-electron chi connectivity index (χ0n) is 56.0. The van der Waals surface area contributed by atoms with Gasteiger partial charge in [0.15, 0.2) is 43.1 Å². The van der Waals surface area contributed by atoms with Gasteiger partial charge in [-0.05, 0) is 99.5 Å². The maximum absolute atomic E-state index is 15.4. The average Bonchev–Trinajstić information content (AvgIpc) is 0.764. The van der Waals surface area contributed by atoms with Crippen LogP contribution in [0.1, 0.15) is 38.8 Å². The van der Waals surface area contributed by atoms with Crippen molar-refractivity contribution in [3.05, 3.63) is 118 Å². The van der Waals surface area contributed by atoms with E-state index in [1.807, 2.05) is 0 Å². The Balaban J connectivity index is 0.948. The van der Waals surface area contributed by atoms with Crippen LogP contribution in [0.4, 0.5) is 0 Å². The van der Waals surface area contributed by atoms with E-state index < -0.39 is 249 Å². The predicted octanol–water partition coefficient (Wildman–Crippen LogP) is -3.42. The maximum Gasteiger partial charge on any atom is 0.331 e. The monoisotopic (exact) mass is 1490 g/mol. The van der Waals surface area contributed by atoms with E-state index in [2.05, 4.69) is 0 Å². The molecule has 6 aliphatic rings. The fourth-order valence-corrected chi connectivity index (χ4v) is 12.5. The van der Waals surface area contributed by atoms with Crippen LogP contribution in [0, 0.1) is 0 Å². The van der Waals surface area contributed by atoms with Gasteiger partial charge >= 0.3 is 11.9 Å². The number of aromatic hydroxyl groups is 4. The minimum Gasteiger partial charge on any atom is -0.508 e. The van der Waals surface area contributed by atoms with E-state index in [1.54, 1.807) is 0 Å². The number of fused-ring (bicyclic) bond motifs is 1. The van der Waals surface area contributed by atoms with Crippen LogP contribution in [0.15, 0.2) is 106 Å². The molecule has 18 N–H and O–H groups in total. The third-order valence-electron chi connectivity index (χ3n) is 18.6. The molecular formula is C69H82O36. The SMILES string of the molecule is C[C@@H]1O[C@@H](O[C@@H]2[C@@H](O)[C@H](C)O[C@@H](O[C@H]3[C@@H](O)[C@@H](Oc4cc(O)c5c(=O)c(O[C@@H]6O[C@H](CO[C@@H]7O[C@H](CO)[C@@H](O)[C@H](O)[C@H]7O)[C@@H](O)[C@H](O[C@H]7O[C@@H](C)[C@H](O)[C@@H](O)[C@H]7O)[C@H]6OC(=O)/C=C/c6ccc(O)cc6)c(-c6ccc(O)cc6)oc5c4)O[C@@H](C)[C@@H]3OC(=O)/C=C\c3ccc(O)cc3)[C@@H]2O)[C@H](O)[C@H](O)[C@H]1O. The molecule has 6 fully saturated rings. The summed E-state index contributed by atoms with van der Waals surface area (Å²) in [7, 11) is 0. The van der Waals surface area contributed by atoms with E-state index >= 15 is 4.79 Å². The third kappa shape index (κ3) is 17.2. The van der Waals surface area contributed by atoms with Gasteiger partial charge in [-0.1, -0.05) is 24.3 Å². The van der Waals surface area contributed by atoms with Crippen molar-refractivity contribution in [2.45, 2.75) is 212 Å². The molecule has 574 valence electrons. The lowest BCUT2D eigenvalue weighted by Crippen LogP contribution is -2.66. The predicted molar refractivity (Wildman–Crippen MR) is 347 cm³/mol. The van der Waals surface area contributed by atoms with Gasteiger partial charge in [0.1, 0.15) is 150 Å². The van der Waals surface area contributed by atoms with Gasteiger partial charge in [0.05, 0.1) is 37.6 Å². The Morgan fingerprint density at radius 2 is 0.876 bits per heavy atom. The molecule has 0 saturated carbocycles. The van der Waals surface area contributed by atoms with Gasteiger partial charge in [0.25, 0.3) is 0 Å². The topological polar surface area (TPSA) is 558 Å². The third-order valence-corrected chi connectivity index (χ3v) is 18.6. The smallest absolute Gasteiger partial charge is 0.331 e. The highest BCUT2D eigenvalue weighted by Gasteiger charge is 2.57. The van der Waals surface area contributed by atoms with Gasteiger partial charge in [-0.15, -0.1) is 0 Å². The number of aliphatic hydroxyl groups excluding tert-OH is 14. The zero-order valence-corrected chi connectivity index (χ0v) is 56.0. The second kappa shape index (κ2) is 33.2. The first-order valence-corrected chi connectivity index (χ1v) is 33.2. The van der Waals surface area contributed by atoms with E-state index in [-0.39, 0.29) is 22.8 Å². The summed E-state index contributed by atoms with van der Waals surface area (Å²) in [5.41, 5.74) is -1.10. The minimum atomic E-state index is -2.29. The van der Waals surface area contributed by atoms with Crippen LogP contribution in [0.25, 0.3) is 34.4 Å². The van der Waals surface area contributed by atoms with Crippen molar-refractivity contribution in [3.63, 3.8) is 0 Å². The van der Waals surface area contributed by atoms with Gasteiger partial charge in [0.2, 0.25) is 23.8 Å². The number of hydrogen-bond donors (Lipinski definition) is 18. The van der Waals surface area contributed by atoms with E-state index in [9.17, 15) is 102 Å². The van der Waals surface area contributed by atoms with E-state index in [4.69, 9.17) is 70.7 Å². The minimum absolute atomic E-state index is 0.0638. The van der Waals surface area contributed by atoms with Crippen molar-refractivity contribution in [3.8, 4) is 45.8 Å². The molecule has 105 heavy (non-hydrogen) atoms. The molecule has 7 heterocycles. The average molecular weight is 1490 g/mol. The normalized spacial score (nSPS) is 38.2. The molecule has 36 nitrogen and oxygen atoms in total. The van der Waals surface area contributed by atoms with E-state index in [1.165, 1.54) is 101 Å². The van der Waals surface area contributed by atoms with Gasteiger partial charge in [-0.25, -0.2) is 9.59 Å². The second-order valence-electron chi connectivity index (χ2n) is 26.0. The van der Waals surface area contributed by atoms with Crippen LogP contribution in [-0.4, -0.2) is 301 Å². The summed E-state index contributed by atoms with van der Waals surface area (Å²) in [6, 6.07) is 17.8. The number of rotatable bonds is 21. The highest BCUT2D eigenvalue weighted by atomic mass is 16.8. The Kier molecular flexibility index (Phi) is 24.8. The van der Waals surface area contributed by atoms with Crippen molar-refractivity contribution >= 4 is 35.1 Å². The Morgan fingerprint density at radius 1 is 0.429 bits per heavy atom. The molecule has 6 aliphatic heterocycles. The fraction of sp³-hybridized carbons (Fsp3) is 0.522. The summed E-state index contributed by atoms with van der Waals surface area (Å²) in [5, 5.41) is 196. The van der Waals surface area contributed by atoms with Gasteiger partial charge in [-0.2, -0.15) is 0 Å². The van der Waals surface area contributed by atoms with Gasteiger partial charge < -0.3 is 163 Å². The van der Waals surface area contributed by atoms with Crippen molar-refractivity contribution in [2.24, 2.45) is 0 Å². The lowest BCUT2D eigenvalue weighted by atomic mass is 9.96. The van der Waals surface area contributed by atoms with E-state index in [0.29, 0.717) is 11.1 Å². The number of esters is 2. The number of phenols is 4. The van der Waals surface area contributed by atoms with Crippen molar-refractivity contribution < 1.29 is 172 Å². The molecule has 5 aromatic rings. The van der Waals surface area contributed by atoms with Crippen molar-refractivity contribution in [1.29, 1.82) is 0 Å². The number of phenolic OH excluding ortho intramolecular Hbond substituents is 4. The standard InChI is InChI=1S/C69H82O36/c1-25-43(77)49(83)53(87)65(92-25)102-59-45(79)27(3)94-68(55(59)89)104-62-56(90)67(95-28(4)57(62)100-40(75)19-9-29-5-13-32(71)14-6-29)96-35-21-36(74)42-37(22-35)97-58(31-11-17-34(73)18-12-31)61(48(42)82)105-69-63(101-41(76)20-10-30-7-15-33(72)16-8-30)60(103-66-54(88)50(84)44(78)26(2)93-66)47(81)39(99-69)24-91-64-52(86)51(85)46(80)38(23-70)98-64/h5-22,25-28,38-39,43-47,49-57,59-60,62-74,77-81,83-90H,23-24H2,1-4H3/b19-9-,20-10+/t25-,26-,27-,28-,38+,39+,43-,44-,45-,46+,47+,49+,50+,51-,52+,53+,54+,55+,56+,57-,59+,60-,62-,63+,64+,65-,66+,67+,68-,69-/m0/s1. The second-order valence-corrected chi connectivity index (χ2v) is 26.0. The lowest BCUT2D eigenvalue weighted by Gasteiger charge is -2.48. The largest absolute Gasteiger partial charge is 0.508 e. The molecule has 36 heteroatoms. The lowest BCUT2D eigenvalue weighted by molar-refractivity contribution is -0.372. The Morgan fingerprint density at radius 3 is 1.42 bits per heavy atom. The Labute approximate surface area is 594 Å². The summed E-state index contributed by atoms with van der Waals surface area (Å²) in [4.78, 5) is 43.2. The fourth-order valence-electron chi connectivity index (χ4n) is 12.5. The number of ether oxygens (including phenoxy) is 14. The molecule has 30 atom stereocenters. The van der Waals surface area contributed by atoms with Crippen LogP contribution in [0.2, 0.25) is 0 Å². The first-order chi connectivity index (χ1) is 49.9. The molecular weight excluding hydrogens is 1400 g/mol. The molecule has 0 amide bonds. The molecule has 0 radical (unpaired) electrons. The summed E-state index contributed by atoms with van der Waals surface area (Å²) in [5.74, 6) is -5.65. The van der Waals surface area contributed by atoms with Gasteiger partial charge in [0, 0.05) is 29.8 Å². The highest BCUT2D eigenvalue weighted by Crippen LogP contribution is 2.42. The van der Waals surface area contributed by atoms with Crippen molar-refractivity contribution in [1.82, 2.24) is 0 Å². The molecule has 0 bridgehead atoms. The van der Waals surface area contributed by atoms with Crippen molar-refractivity contribution in [2.75, 3.05) is 13.2 Å². The van der Waals surface area contributed by atoms with Crippen LogP contribution >= 0.6 is 0 Å². The summed E-state index contributed by atoms with van der Waals surface area (Å²) >= 11 is 0. The number of benzene rings is 4. The van der Waals surface area contributed by atoms with Gasteiger partial charge in [-0.3, -0.25) is 4.79 Å². The first kappa shape index (κ1) is 78.4. The zero-order chi connectivity index (χ0) is 75.7. The molecule has 0 aliphatic carbocycles. The molecule has 0 spiro atoms. The number of carbonyl (C=O) groups is 2. The Hall–Kier alpha value is -7.65. The molecule has 4 aromatic carbocycles. The first-order valence-electron chi connectivity index (χ1n) is 33.2. The number of aliphatic hydroxyl groups is 14. The quantitative estimate of drug-likeness (QED) is 0.0251. The summed E-state index contributed by atoms with van der Waals surface area (Å²) in [6.07, 6.45) is -50.2. The summed E-state index contributed by atoms with van der Waals surface area (Å²) in [6.45, 7) is 3.54. The Bertz CT molecular complexity index is 3870. The maximum atomic E-state index is 15.4. The molecule has 6 saturated heterocycles. The van der Waals surface area contributed by atoms with Crippen LogP contribution < -0.4 is 14.9 Å². The van der Waals surface area contributed by atoms with Crippen LogP contribution in [0.5, 0.6) is 34.5 Å².